The van der Waals surface area contributed by atoms with Crippen molar-refractivity contribution in [2.24, 2.45) is 0 Å². The van der Waals surface area contributed by atoms with Gasteiger partial charge in [0.25, 0.3) is 0 Å². The second-order valence-corrected chi connectivity index (χ2v) is 6.12. The highest BCUT2D eigenvalue weighted by atomic mass is 32.2. The van der Waals surface area contributed by atoms with Crippen molar-refractivity contribution in [3.63, 3.8) is 0 Å². The van der Waals surface area contributed by atoms with Crippen LogP contribution in [0.25, 0.3) is 0 Å². The van der Waals surface area contributed by atoms with Crippen molar-refractivity contribution in [3.05, 3.63) is 0 Å². The molecule has 1 atom stereocenters. The maximum Gasteiger partial charge on any atom is 0.339 e. The predicted octanol–water partition coefficient (Wildman–Crippen LogP) is -0.0786. The lowest BCUT2D eigenvalue weighted by atomic mass is 10.2. The van der Waals surface area contributed by atoms with Gasteiger partial charge in [-0.15, -0.1) is 0 Å². The minimum absolute atomic E-state index is 0.0544. The lowest BCUT2D eigenvalue weighted by Gasteiger charge is -2.27. The summed E-state index contributed by atoms with van der Waals surface area (Å²) >= 11 is 1.79. The Morgan fingerprint density at radius 3 is 2.64 bits per heavy atom. The van der Waals surface area contributed by atoms with E-state index >= 15 is 0 Å². The van der Waals surface area contributed by atoms with E-state index in [1.54, 1.807) is 16.7 Å². The van der Waals surface area contributed by atoms with E-state index in [4.69, 9.17) is 14.9 Å². The van der Waals surface area contributed by atoms with Gasteiger partial charge in [-0.2, -0.15) is 11.8 Å². The Morgan fingerprint density at radius 1 is 1.50 bits per heavy atom. The molecule has 1 saturated heterocycles. The van der Waals surface area contributed by atoms with Crippen molar-refractivity contribution < 1.29 is 19.5 Å². The molecule has 3 N–H and O–H groups in total. The Bertz CT molecular complexity index is 216. The molecule has 1 heterocycles. The molecule has 5 nitrogen and oxygen atoms in total. The van der Waals surface area contributed by atoms with Gasteiger partial charge >= 0.3 is 7.60 Å². The molecule has 1 aliphatic heterocycles. The maximum atomic E-state index is 10.8. The highest BCUT2D eigenvalue weighted by Gasteiger charge is 2.27. The summed E-state index contributed by atoms with van der Waals surface area (Å²) in [7, 11) is -4.00. The van der Waals surface area contributed by atoms with Crippen LogP contribution in [0.4, 0.5) is 0 Å². The number of hydrogen-bond acceptors (Lipinski definition) is 4. The zero-order chi connectivity index (χ0) is 10.6. The SMILES string of the molecule is O=P(O)(O)CN(CCO)C1CCSC1. The first-order valence-corrected chi connectivity index (χ1v) is 7.45. The number of thioether (sulfide) groups is 1. The summed E-state index contributed by atoms with van der Waals surface area (Å²) < 4.78 is 10.8. The molecule has 0 bridgehead atoms. The Kier molecular flexibility index (Phi) is 4.90. The quantitative estimate of drug-likeness (QED) is 0.584. The topological polar surface area (TPSA) is 81.0 Å². The van der Waals surface area contributed by atoms with E-state index in [9.17, 15) is 4.57 Å². The lowest BCUT2D eigenvalue weighted by molar-refractivity contribution is 0.172. The third kappa shape index (κ3) is 4.29. The summed E-state index contributed by atoms with van der Waals surface area (Å²) in [6.45, 7) is 0.289. The summed E-state index contributed by atoms with van der Waals surface area (Å²) in [4.78, 5) is 19.4. The Labute approximate surface area is 87.7 Å². The zero-order valence-corrected chi connectivity index (χ0v) is 9.58. The van der Waals surface area contributed by atoms with Crippen molar-refractivity contribution in [1.29, 1.82) is 0 Å². The molecule has 0 aromatic heterocycles. The number of rotatable bonds is 5. The second kappa shape index (κ2) is 5.49. The van der Waals surface area contributed by atoms with Crippen LogP contribution < -0.4 is 0 Å². The summed E-state index contributed by atoms with van der Waals surface area (Å²) in [5.41, 5.74) is 0. The van der Waals surface area contributed by atoms with Gasteiger partial charge in [0.1, 0.15) is 6.29 Å². The van der Waals surface area contributed by atoms with E-state index in [2.05, 4.69) is 0 Å². The fraction of sp³-hybridized carbons (Fsp3) is 1.00. The van der Waals surface area contributed by atoms with Crippen LogP contribution in [-0.2, 0) is 4.57 Å². The molecule has 0 spiro atoms. The molecule has 0 saturated carbocycles. The molecule has 0 aromatic carbocycles. The van der Waals surface area contributed by atoms with Crippen LogP contribution in [0.2, 0.25) is 0 Å². The van der Waals surface area contributed by atoms with Crippen molar-refractivity contribution in [2.75, 3.05) is 30.9 Å². The van der Waals surface area contributed by atoms with Gasteiger partial charge in [0.05, 0.1) is 6.61 Å². The number of nitrogens with zero attached hydrogens (tertiary/aromatic N) is 1. The summed E-state index contributed by atoms with van der Waals surface area (Å²) in [5, 5.41) is 8.79. The smallest absolute Gasteiger partial charge is 0.339 e. The minimum atomic E-state index is -4.00. The minimum Gasteiger partial charge on any atom is -0.395 e. The van der Waals surface area contributed by atoms with Gasteiger partial charge in [0, 0.05) is 18.3 Å². The lowest BCUT2D eigenvalue weighted by Crippen LogP contribution is -2.38. The molecule has 1 fully saturated rings. The fourth-order valence-corrected chi connectivity index (χ4v) is 3.64. The summed E-state index contributed by atoms with van der Waals surface area (Å²) in [5.74, 6) is 1.94. The van der Waals surface area contributed by atoms with Crippen LogP contribution in [0, 0.1) is 0 Å². The van der Waals surface area contributed by atoms with Gasteiger partial charge in [-0.05, 0) is 12.2 Å². The van der Waals surface area contributed by atoms with E-state index in [0.717, 1.165) is 17.9 Å². The van der Waals surface area contributed by atoms with Crippen molar-refractivity contribution in [2.45, 2.75) is 12.5 Å². The highest BCUT2D eigenvalue weighted by Crippen LogP contribution is 2.37. The van der Waals surface area contributed by atoms with Crippen LogP contribution in [0.5, 0.6) is 0 Å². The molecule has 1 rings (SSSR count). The van der Waals surface area contributed by atoms with Crippen molar-refractivity contribution >= 4 is 19.4 Å². The van der Waals surface area contributed by atoms with E-state index in [0.29, 0.717) is 6.54 Å². The van der Waals surface area contributed by atoms with Crippen LogP contribution in [0.15, 0.2) is 0 Å². The van der Waals surface area contributed by atoms with Crippen molar-refractivity contribution in [3.8, 4) is 0 Å². The average molecular weight is 241 g/mol. The molecule has 84 valence electrons. The molecule has 7 heteroatoms. The summed E-state index contributed by atoms with van der Waals surface area (Å²) in [6.07, 6.45) is 0.712. The Hall–Kier alpha value is 0.420. The second-order valence-electron chi connectivity index (χ2n) is 3.36. The van der Waals surface area contributed by atoms with Gasteiger partial charge in [0.15, 0.2) is 0 Å². The monoisotopic (exact) mass is 241 g/mol. The van der Waals surface area contributed by atoms with E-state index in [1.165, 1.54) is 0 Å². The molecule has 1 aliphatic rings. The fourth-order valence-electron chi connectivity index (χ4n) is 1.54. The third-order valence-corrected chi connectivity index (χ3v) is 4.05. The molecule has 0 aliphatic carbocycles. The first-order chi connectivity index (χ1) is 6.53. The van der Waals surface area contributed by atoms with Crippen LogP contribution >= 0.6 is 19.4 Å². The van der Waals surface area contributed by atoms with Gasteiger partial charge in [-0.1, -0.05) is 0 Å². The van der Waals surface area contributed by atoms with E-state index < -0.39 is 7.60 Å². The van der Waals surface area contributed by atoms with Crippen LogP contribution in [-0.4, -0.2) is 56.8 Å². The van der Waals surface area contributed by atoms with E-state index in [-0.39, 0.29) is 18.9 Å². The highest BCUT2D eigenvalue weighted by molar-refractivity contribution is 7.99. The predicted molar refractivity (Wildman–Crippen MR) is 56.4 cm³/mol. The van der Waals surface area contributed by atoms with Gasteiger partial charge in [0.2, 0.25) is 0 Å². The molecule has 1 unspecified atom stereocenters. The third-order valence-electron chi connectivity index (χ3n) is 2.18. The Balaban J connectivity index is 2.49. The van der Waals surface area contributed by atoms with Crippen LogP contribution in [0.1, 0.15) is 6.42 Å². The van der Waals surface area contributed by atoms with Gasteiger partial charge in [-0.3, -0.25) is 9.46 Å². The standard InChI is InChI=1S/C7H16NO4PS/c9-3-2-8(6-13(10,11)12)7-1-4-14-5-7/h7,9H,1-6H2,(H2,10,11,12). The molecular weight excluding hydrogens is 225 g/mol. The van der Waals surface area contributed by atoms with Gasteiger partial charge in [-0.25, -0.2) is 0 Å². The molecular formula is C7H16NO4PS. The molecule has 0 amide bonds. The maximum absolute atomic E-state index is 10.8. The van der Waals surface area contributed by atoms with E-state index in [1.807, 2.05) is 0 Å². The average Bonchev–Trinajstić information content (AvgIpc) is 2.52. The number of aliphatic hydroxyl groups is 1. The molecule has 14 heavy (non-hydrogen) atoms. The largest absolute Gasteiger partial charge is 0.395 e. The normalized spacial score (nSPS) is 23.3. The first-order valence-electron chi connectivity index (χ1n) is 4.50. The Morgan fingerprint density at radius 2 is 2.21 bits per heavy atom. The zero-order valence-electron chi connectivity index (χ0n) is 7.87. The number of aliphatic hydroxyl groups excluding tert-OH is 1. The molecule has 0 aromatic rings. The number of hydrogen-bond donors (Lipinski definition) is 3. The molecule has 0 radical (unpaired) electrons. The van der Waals surface area contributed by atoms with Crippen molar-refractivity contribution in [1.82, 2.24) is 4.90 Å². The first kappa shape index (κ1) is 12.5. The van der Waals surface area contributed by atoms with Gasteiger partial charge < -0.3 is 14.9 Å². The van der Waals surface area contributed by atoms with Crippen LogP contribution in [0.3, 0.4) is 0 Å². The summed E-state index contributed by atoms with van der Waals surface area (Å²) in [6, 6.07) is 0.208.